The van der Waals surface area contributed by atoms with Crippen LogP contribution in [-0.4, -0.2) is 30.9 Å². The summed E-state index contributed by atoms with van der Waals surface area (Å²) in [5, 5.41) is 0. The first-order chi connectivity index (χ1) is 20.4. The molecule has 0 unspecified atom stereocenters. The van der Waals surface area contributed by atoms with Crippen molar-refractivity contribution in [2.24, 2.45) is 4.99 Å². The van der Waals surface area contributed by atoms with E-state index in [-0.39, 0.29) is 11.1 Å². The largest absolute Gasteiger partial charge is 0.490 e. The number of esters is 1. The Balaban J connectivity index is 1.48. The number of fused-ring (bicyclic) bond motifs is 1. The van der Waals surface area contributed by atoms with Crippen LogP contribution in [0.15, 0.2) is 88.3 Å². The predicted octanol–water partition coefficient (Wildman–Crippen LogP) is 4.70. The van der Waals surface area contributed by atoms with Crippen molar-refractivity contribution in [2.75, 3.05) is 20.3 Å². The second-order valence-electron chi connectivity index (χ2n) is 9.59. The zero-order chi connectivity index (χ0) is 29.6. The summed E-state index contributed by atoms with van der Waals surface area (Å²) in [5.41, 5.74) is 3.80. The molecule has 42 heavy (non-hydrogen) atoms. The van der Waals surface area contributed by atoms with Crippen molar-refractivity contribution < 1.29 is 23.7 Å². The zero-order valence-corrected chi connectivity index (χ0v) is 24.8. The first kappa shape index (κ1) is 28.9. The van der Waals surface area contributed by atoms with E-state index in [2.05, 4.69) is 24.0 Å². The van der Waals surface area contributed by atoms with Crippen LogP contribution in [-0.2, 0) is 16.1 Å². The van der Waals surface area contributed by atoms with Crippen molar-refractivity contribution in [3.05, 3.63) is 120 Å². The highest BCUT2D eigenvalue weighted by molar-refractivity contribution is 7.07. The van der Waals surface area contributed by atoms with Gasteiger partial charge in [-0.2, -0.15) is 0 Å². The molecule has 0 aliphatic carbocycles. The summed E-state index contributed by atoms with van der Waals surface area (Å²) in [6.07, 6.45) is 3.29. The maximum Gasteiger partial charge on any atom is 0.337 e. The molecule has 2 heterocycles. The first-order valence-corrected chi connectivity index (χ1v) is 14.5. The van der Waals surface area contributed by atoms with Gasteiger partial charge < -0.3 is 18.9 Å². The Labute approximate surface area is 247 Å². The van der Waals surface area contributed by atoms with E-state index >= 15 is 0 Å². The number of rotatable bonds is 10. The van der Waals surface area contributed by atoms with Gasteiger partial charge in [-0.25, -0.2) is 9.79 Å². The van der Waals surface area contributed by atoms with Crippen LogP contribution in [0.2, 0.25) is 0 Å². The number of carbonyl (C=O) groups excluding carboxylic acids is 1. The summed E-state index contributed by atoms with van der Waals surface area (Å²) in [6, 6.07) is 20.5. The standard InChI is InChI=1S/C33H32N2O6S/c1-5-39-27-16-13-24(18-28(27)40-6-2)30-26(32(37)38-4)19-34-33-35(30)31(36)29(42-33)17-22-11-14-25(15-12-22)41-20-23-9-7-21(3)8-10-23/h7-19,30H,5-6,20H2,1-4H3/b29-17-/t30-/m1/s1. The minimum atomic E-state index is -0.747. The van der Waals surface area contributed by atoms with Gasteiger partial charge in [0.2, 0.25) is 0 Å². The van der Waals surface area contributed by atoms with E-state index in [9.17, 15) is 9.59 Å². The monoisotopic (exact) mass is 584 g/mol. The second-order valence-corrected chi connectivity index (χ2v) is 10.6. The quantitative estimate of drug-likeness (QED) is 0.251. The third-order valence-electron chi connectivity index (χ3n) is 6.71. The van der Waals surface area contributed by atoms with E-state index in [0.717, 1.165) is 16.9 Å². The van der Waals surface area contributed by atoms with Crippen LogP contribution < -0.4 is 29.1 Å². The zero-order valence-electron chi connectivity index (χ0n) is 24.0. The number of hydrogen-bond donors (Lipinski definition) is 0. The molecule has 0 fully saturated rings. The Morgan fingerprint density at radius 2 is 1.67 bits per heavy atom. The van der Waals surface area contributed by atoms with Crippen LogP contribution in [0.3, 0.4) is 0 Å². The molecular formula is C33H32N2O6S. The molecule has 0 N–H and O–H groups in total. The Hall–Kier alpha value is -4.63. The van der Waals surface area contributed by atoms with Crippen molar-refractivity contribution in [1.29, 1.82) is 0 Å². The lowest BCUT2D eigenvalue weighted by Crippen LogP contribution is -2.39. The number of aromatic nitrogens is 1. The van der Waals surface area contributed by atoms with Crippen LogP contribution in [0, 0.1) is 6.92 Å². The number of aryl methyl sites for hydroxylation is 1. The van der Waals surface area contributed by atoms with E-state index < -0.39 is 12.0 Å². The highest BCUT2D eigenvalue weighted by Gasteiger charge is 2.31. The molecule has 0 saturated carbocycles. The third-order valence-corrected chi connectivity index (χ3v) is 7.71. The summed E-state index contributed by atoms with van der Waals surface area (Å²) in [7, 11) is 1.31. The third kappa shape index (κ3) is 6.16. The molecular weight excluding hydrogens is 552 g/mol. The van der Waals surface area contributed by atoms with Gasteiger partial charge >= 0.3 is 5.97 Å². The van der Waals surface area contributed by atoms with Crippen LogP contribution in [0.4, 0.5) is 0 Å². The SMILES string of the molecule is CCOc1ccc([C@@H]2C(C(=O)OC)=CN=c3s/c(=C\c4ccc(OCc5ccc(C)cc5)cc4)c(=O)n32)cc1OCC. The number of benzene rings is 3. The molecule has 8 nitrogen and oxygen atoms in total. The lowest BCUT2D eigenvalue weighted by atomic mass is 9.97. The molecule has 9 heteroatoms. The molecule has 0 radical (unpaired) electrons. The number of thiazole rings is 1. The van der Waals surface area contributed by atoms with Crippen molar-refractivity contribution in [3.8, 4) is 17.2 Å². The molecule has 1 aliphatic heterocycles. The van der Waals surface area contributed by atoms with Crippen molar-refractivity contribution in [2.45, 2.75) is 33.4 Å². The van der Waals surface area contributed by atoms with Crippen molar-refractivity contribution in [1.82, 2.24) is 4.57 Å². The van der Waals surface area contributed by atoms with Gasteiger partial charge in [0.25, 0.3) is 5.56 Å². The summed E-state index contributed by atoms with van der Waals surface area (Å²) < 4.78 is 24.5. The number of ether oxygens (including phenoxy) is 4. The Kier molecular flexibility index (Phi) is 8.88. The lowest BCUT2D eigenvalue weighted by molar-refractivity contribution is -0.136. The lowest BCUT2D eigenvalue weighted by Gasteiger charge is -2.23. The molecule has 3 aromatic carbocycles. The Morgan fingerprint density at radius 3 is 2.36 bits per heavy atom. The number of hydrogen-bond acceptors (Lipinski definition) is 8. The first-order valence-electron chi connectivity index (χ1n) is 13.7. The molecule has 5 rings (SSSR count). The minimum absolute atomic E-state index is 0.248. The Bertz CT molecular complexity index is 1790. The molecule has 1 aromatic heterocycles. The fourth-order valence-electron chi connectivity index (χ4n) is 4.65. The number of nitrogens with zero attached hydrogens (tertiary/aromatic N) is 2. The summed E-state index contributed by atoms with van der Waals surface area (Å²) >= 11 is 1.26. The molecule has 0 amide bonds. The van der Waals surface area contributed by atoms with Crippen LogP contribution in [0.5, 0.6) is 17.2 Å². The van der Waals surface area contributed by atoms with Gasteiger partial charge in [0.15, 0.2) is 16.3 Å². The predicted molar refractivity (Wildman–Crippen MR) is 162 cm³/mol. The average Bonchev–Trinajstić information content (AvgIpc) is 3.32. The van der Waals surface area contributed by atoms with Gasteiger partial charge in [-0.1, -0.05) is 59.4 Å². The molecule has 216 valence electrons. The van der Waals surface area contributed by atoms with Crippen molar-refractivity contribution in [3.63, 3.8) is 0 Å². The van der Waals surface area contributed by atoms with Gasteiger partial charge in [0.05, 0.1) is 36.5 Å². The highest BCUT2D eigenvalue weighted by Crippen LogP contribution is 2.35. The fraction of sp³-hybridized carbons (Fsp3) is 0.242. The molecule has 0 saturated heterocycles. The smallest absolute Gasteiger partial charge is 0.337 e. The van der Waals surface area contributed by atoms with E-state index in [1.807, 2.05) is 62.4 Å². The van der Waals surface area contributed by atoms with Gasteiger partial charge in [0, 0.05) is 6.20 Å². The fourth-order valence-corrected chi connectivity index (χ4v) is 5.62. The van der Waals surface area contributed by atoms with Gasteiger partial charge in [0.1, 0.15) is 12.4 Å². The van der Waals surface area contributed by atoms with E-state index in [1.165, 1.54) is 34.8 Å². The maximum absolute atomic E-state index is 13.8. The van der Waals surface area contributed by atoms with Gasteiger partial charge in [-0.15, -0.1) is 0 Å². The van der Waals surface area contributed by atoms with Gasteiger partial charge in [-0.05, 0) is 67.8 Å². The molecule has 1 atom stereocenters. The maximum atomic E-state index is 13.8. The topological polar surface area (TPSA) is 88.4 Å². The Morgan fingerprint density at radius 1 is 0.952 bits per heavy atom. The second kappa shape index (κ2) is 12.9. The van der Waals surface area contributed by atoms with Crippen molar-refractivity contribution >= 4 is 23.4 Å². The minimum Gasteiger partial charge on any atom is -0.490 e. The van der Waals surface area contributed by atoms with Crippen LogP contribution in [0.25, 0.3) is 6.08 Å². The number of methoxy groups -OCH3 is 1. The summed E-state index contributed by atoms with van der Waals surface area (Å²) in [5.74, 6) is 1.29. The average molecular weight is 585 g/mol. The van der Waals surface area contributed by atoms with E-state index in [0.29, 0.717) is 46.2 Å². The summed E-state index contributed by atoms with van der Waals surface area (Å²) in [4.78, 5) is 31.5. The highest BCUT2D eigenvalue weighted by atomic mass is 32.1. The van der Waals surface area contributed by atoms with E-state index in [4.69, 9.17) is 18.9 Å². The molecule has 0 spiro atoms. The molecule has 4 aromatic rings. The normalized spacial score (nSPS) is 14.4. The number of carbonyl (C=O) groups is 1. The molecule has 1 aliphatic rings. The molecule has 0 bridgehead atoms. The van der Waals surface area contributed by atoms with E-state index in [1.54, 1.807) is 12.1 Å². The van der Waals surface area contributed by atoms with Crippen LogP contribution in [0.1, 0.15) is 42.1 Å². The van der Waals surface area contributed by atoms with Gasteiger partial charge in [-0.3, -0.25) is 9.36 Å². The summed E-state index contributed by atoms with van der Waals surface area (Å²) in [6.45, 7) is 7.21. The van der Waals surface area contributed by atoms with Crippen LogP contribution >= 0.6 is 11.3 Å².